The van der Waals surface area contributed by atoms with Crippen LogP contribution in [0.3, 0.4) is 0 Å². The summed E-state index contributed by atoms with van der Waals surface area (Å²) >= 11 is 0. The summed E-state index contributed by atoms with van der Waals surface area (Å²) in [6, 6.07) is 56.0. The Hall–Kier alpha value is -7.34. The molecule has 0 amide bonds. The van der Waals surface area contributed by atoms with Gasteiger partial charge in [0.1, 0.15) is 0 Å². The second-order valence-corrected chi connectivity index (χ2v) is 18.1. The highest BCUT2D eigenvalue weighted by Gasteiger charge is 2.71. The maximum absolute atomic E-state index is 12.2. The minimum Gasteiger partial charge on any atom is -0.365 e. The lowest BCUT2D eigenvalue weighted by molar-refractivity contribution is -0.442. The Labute approximate surface area is 414 Å². The fraction of sp³-hybridized carbons (Fsp3) is 0.153. The van der Waals surface area contributed by atoms with Gasteiger partial charge in [-0.1, -0.05) is 135 Å². The molecule has 11 rings (SSSR count). The van der Waals surface area contributed by atoms with Crippen LogP contribution in [0.2, 0.25) is 0 Å². The third-order valence-electron chi connectivity index (χ3n) is 14.1. The van der Waals surface area contributed by atoms with Crippen LogP contribution in [0.5, 0.6) is 0 Å². The molecular weight excluding hydrogens is 913 g/mol. The first kappa shape index (κ1) is 48.3. The van der Waals surface area contributed by atoms with E-state index in [4.69, 9.17) is 0 Å². The Morgan fingerprint density at radius 1 is 0.319 bits per heavy atom. The van der Waals surface area contributed by atoms with Crippen LogP contribution in [0.25, 0.3) is 43.8 Å². The van der Waals surface area contributed by atoms with E-state index in [1.807, 2.05) is 145 Å². The molecule has 364 valence electrons. The minimum atomic E-state index is -4.20. The SMILES string of the molecule is CC.CC(O)(O)C1(C(O)(O)O)c2cc3c(cc2-c2c1cc(N(c1ccccc1)c1ccccc1)c1ccccc21)C(C(O)(O)O)(C(O)(O)O)c1cc(N(c2ccccc2)c2ccccc2)c2ccccc2c1-3. The fourth-order valence-corrected chi connectivity index (χ4v) is 11.5. The van der Waals surface area contributed by atoms with Gasteiger partial charge in [-0.2, -0.15) is 0 Å². The number of benzene rings is 9. The Bertz CT molecular complexity index is 3150. The van der Waals surface area contributed by atoms with Gasteiger partial charge in [0.05, 0.1) is 11.4 Å². The topological polar surface area (TPSA) is 229 Å². The van der Waals surface area contributed by atoms with Crippen LogP contribution in [0.15, 0.2) is 194 Å². The number of para-hydroxylation sites is 4. The molecule has 0 aliphatic heterocycles. The van der Waals surface area contributed by atoms with E-state index < -0.39 is 45.7 Å². The molecule has 0 aromatic heterocycles. The first-order valence-corrected chi connectivity index (χ1v) is 23.4. The first-order chi connectivity index (χ1) is 34.3. The molecule has 1 atom stereocenters. The summed E-state index contributed by atoms with van der Waals surface area (Å²) < 4.78 is 0. The molecule has 0 heterocycles. The van der Waals surface area contributed by atoms with E-state index in [1.165, 1.54) is 24.3 Å². The molecule has 9 aromatic carbocycles. The minimum absolute atomic E-state index is 0.00742. The molecular formula is C59H52N2O11. The van der Waals surface area contributed by atoms with Crippen molar-refractivity contribution in [3.05, 3.63) is 216 Å². The Morgan fingerprint density at radius 2 is 0.583 bits per heavy atom. The summed E-state index contributed by atoms with van der Waals surface area (Å²) in [5, 5.41) is 133. The standard InChI is InChI=1S/C57H46N2O11.C2H6/c1-52(60,61)53(55(62,63)64)44-30-43-45(31-42(44)50-40-28-16-14-26-38(40)48(32-46(50)53)58(34-18-6-2-7-19-34)35-20-8-3-9-21-35)54(56(65,66)67,57(68,69)70)47-33-49(39-27-15-17-29-41(39)51(43)47)59(36-22-10-4-11-23-36)37-24-12-5-13-25-37;1-2/h2-33,60-70H,1H3;1-2H3. The van der Waals surface area contributed by atoms with Crippen LogP contribution in [0.4, 0.5) is 34.1 Å². The van der Waals surface area contributed by atoms with Crippen molar-refractivity contribution >= 4 is 55.7 Å². The molecule has 0 fully saturated rings. The van der Waals surface area contributed by atoms with Crippen molar-refractivity contribution in [1.29, 1.82) is 0 Å². The molecule has 9 aromatic rings. The van der Waals surface area contributed by atoms with Gasteiger partial charge in [0.25, 0.3) is 17.9 Å². The zero-order valence-corrected chi connectivity index (χ0v) is 39.3. The summed E-state index contributed by atoms with van der Waals surface area (Å²) in [7, 11) is 0. The molecule has 0 spiro atoms. The Balaban J connectivity index is 0.00000295. The summed E-state index contributed by atoms with van der Waals surface area (Å²) in [5.74, 6) is -15.6. The lowest BCUT2D eigenvalue weighted by atomic mass is 9.68. The van der Waals surface area contributed by atoms with Gasteiger partial charge < -0.3 is 66.0 Å². The van der Waals surface area contributed by atoms with Crippen LogP contribution < -0.4 is 9.80 Å². The van der Waals surface area contributed by atoms with Gasteiger partial charge in [0, 0.05) is 33.5 Å². The van der Waals surface area contributed by atoms with Gasteiger partial charge in [-0.15, -0.1) is 0 Å². The van der Waals surface area contributed by atoms with Crippen LogP contribution in [0, 0.1) is 0 Å². The highest BCUT2D eigenvalue weighted by molar-refractivity contribution is 6.13. The predicted molar refractivity (Wildman–Crippen MR) is 276 cm³/mol. The zero-order chi connectivity index (χ0) is 51.2. The van der Waals surface area contributed by atoms with Gasteiger partial charge in [-0.25, -0.2) is 0 Å². The molecule has 13 heteroatoms. The van der Waals surface area contributed by atoms with Crippen LogP contribution in [-0.4, -0.2) is 79.9 Å². The van der Waals surface area contributed by atoms with Gasteiger partial charge in [-0.05, 0) is 135 Å². The van der Waals surface area contributed by atoms with Crippen molar-refractivity contribution in [3.63, 3.8) is 0 Å². The summed E-state index contributed by atoms with van der Waals surface area (Å²) in [6.07, 6.45) is 0. The van der Waals surface area contributed by atoms with Crippen molar-refractivity contribution in [2.75, 3.05) is 9.80 Å². The molecule has 2 aliphatic carbocycles. The quantitative estimate of drug-likeness (QED) is 0.0584. The number of anilines is 6. The molecule has 72 heavy (non-hydrogen) atoms. The van der Waals surface area contributed by atoms with Crippen LogP contribution in [0.1, 0.15) is 43.0 Å². The predicted octanol–water partition coefficient (Wildman–Crippen LogP) is 8.08. The lowest BCUT2D eigenvalue weighted by Gasteiger charge is -2.46. The average molecular weight is 965 g/mol. The monoisotopic (exact) mass is 964 g/mol. The second-order valence-electron chi connectivity index (χ2n) is 18.1. The van der Waals surface area contributed by atoms with Crippen LogP contribution in [-0.2, 0) is 10.8 Å². The third kappa shape index (κ3) is 6.84. The number of nitrogens with zero attached hydrogens (tertiary/aromatic N) is 2. The second kappa shape index (κ2) is 17.2. The lowest BCUT2D eigenvalue weighted by Crippen LogP contribution is -2.65. The largest absolute Gasteiger partial charge is 0.365 e. The molecule has 13 nitrogen and oxygen atoms in total. The van der Waals surface area contributed by atoms with Gasteiger partial charge >= 0.3 is 0 Å². The molecule has 0 saturated carbocycles. The molecule has 1 unspecified atom stereocenters. The molecule has 0 saturated heterocycles. The average Bonchev–Trinajstić information content (AvgIpc) is 3.84. The van der Waals surface area contributed by atoms with Gasteiger partial charge in [-0.3, -0.25) is 0 Å². The Morgan fingerprint density at radius 3 is 0.875 bits per heavy atom. The number of fused-ring (bicyclic) bond motifs is 10. The van der Waals surface area contributed by atoms with Crippen LogP contribution >= 0.6 is 0 Å². The third-order valence-corrected chi connectivity index (χ3v) is 14.1. The number of hydrogen-bond acceptors (Lipinski definition) is 13. The van der Waals surface area contributed by atoms with E-state index >= 15 is 0 Å². The van der Waals surface area contributed by atoms with E-state index in [9.17, 15) is 56.2 Å². The number of hydrogen-bond donors (Lipinski definition) is 11. The van der Waals surface area contributed by atoms with E-state index in [-0.39, 0.29) is 33.4 Å². The van der Waals surface area contributed by atoms with Crippen molar-refractivity contribution < 1.29 is 56.2 Å². The van der Waals surface area contributed by atoms with E-state index in [2.05, 4.69) is 0 Å². The maximum Gasteiger partial charge on any atom is 0.298 e. The molecule has 11 N–H and O–H groups in total. The maximum atomic E-state index is 12.2. The number of aliphatic hydroxyl groups is 11. The fourth-order valence-electron chi connectivity index (χ4n) is 11.5. The van der Waals surface area contributed by atoms with E-state index in [1.54, 1.807) is 48.5 Å². The first-order valence-electron chi connectivity index (χ1n) is 23.4. The summed E-state index contributed by atoms with van der Waals surface area (Å²) in [5.41, 5.74) is -4.58. The molecule has 0 radical (unpaired) electrons. The Kier molecular flexibility index (Phi) is 11.5. The highest BCUT2D eigenvalue weighted by atomic mass is 16.7. The number of rotatable bonds is 10. The van der Waals surface area contributed by atoms with Crippen molar-refractivity contribution in [1.82, 2.24) is 0 Å². The van der Waals surface area contributed by atoms with Crippen molar-refractivity contribution in [3.8, 4) is 22.3 Å². The molecule has 2 aliphatic rings. The van der Waals surface area contributed by atoms with Crippen molar-refractivity contribution in [2.24, 2.45) is 0 Å². The van der Waals surface area contributed by atoms with E-state index in [0.717, 1.165) is 6.92 Å². The van der Waals surface area contributed by atoms with Gasteiger partial charge in [0.2, 0.25) is 0 Å². The summed E-state index contributed by atoms with van der Waals surface area (Å²) in [4.78, 5) is 3.71. The molecule has 0 bridgehead atoms. The zero-order valence-electron chi connectivity index (χ0n) is 39.3. The highest BCUT2D eigenvalue weighted by Crippen LogP contribution is 2.66. The van der Waals surface area contributed by atoms with Crippen molar-refractivity contribution in [2.45, 2.75) is 55.3 Å². The van der Waals surface area contributed by atoms with E-state index in [0.29, 0.717) is 55.7 Å². The smallest absolute Gasteiger partial charge is 0.298 e. The summed E-state index contributed by atoms with van der Waals surface area (Å²) in [6.45, 7) is 4.89. The normalized spacial score (nSPS) is 15.8. The van der Waals surface area contributed by atoms with Gasteiger partial charge in [0.15, 0.2) is 16.6 Å².